The Balaban J connectivity index is 1.77. The molecule has 0 spiro atoms. The average molecular weight is 353 g/mol. The third-order valence-corrected chi connectivity index (χ3v) is 4.12. The van der Waals surface area contributed by atoms with Gasteiger partial charge in [-0.25, -0.2) is 0 Å². The summed E-state index contributed by atoms with van der Waals surface area (Å²) >= 11 is 0. The number of aryl methyl sites for hydroxylation is 1. The van der Waals surface area contributed by atoms with Crippen molar-refractivity contribution in [2.75, 3.05) is 7.11 Å². The first-order valence-corrected chi connectivity index (χ1v) is 7.93. The van der Waals surface area contributed by atoms with Crippen LogP contribution in [0, 0.1) is 0 Å². The molecule has 0 radical (unpaired) electrons. The van der Waals surface area contributed by atoms with Crippen molar-refractivity contribution in [2.24, 2.45) is 0 Å². The van der Waals surface area contributed by atoms with Gasteiger partial charge in [0.15, 0.2) is 0 Å². The minimum absolute atomic E-state index is 0.304. The van der Waals surface area contributed by atoms with Crippen molar-refractivity contribution in [1.29, 1.82) is 0 Å². The number of nitrogens with zero attached hydrogens (tertiary/aromatic N) is 2. The molecule has 1 aromatic heterocycles. The van der Waals surface area contributed by atoms with Crippen molar-refractivity contribution in [3.8, 4) is 5.75 Å². The number of fused-ring (bicyclic) bond motifs is 1. The van der Waals surface area contributed by atoms with Gasteiger partial charge >= 0.3 is 6.18 Å². The zero-order valence-electron chi connectivity index (χ0n) is 13.6. The van der Waals surface area contributed by atoms with Gasteiger partial charge in [-0.3, -0.25) is 9.48 Å². The molecule has 5 nitrogen and oxygen atoms in total. The number of carbonyl (C=O) groups is 1. The fourth-order valence-electron chi connectivity index (χ4n) is 3.01. The highest BCUT2D eigenvalue weighted by atomic mass is 19.4. The summed E-state index contributed by atoms with van der Waals surface area (Å²) in [7, 11) is 1.51. The molecule has 134 valence electrons. The number of carbonyl (C=O) groups excluding carboxylic acids is 1. The van der Waals surface area contributed by atoms with Gasteiger partial charge < -0.3 is 10.1 Å². The quantitative estimate of drug-likeness (QED) is 0.918. The Morgan fingerprint density at radius 3 is 2.96 bits per heavy atom. The normalized spacial score (nSPS) is 17.0. The highest BCUT2D eigenvalue weighted by Crippen LogP contribution is 2.30. The lowest BCUT2D eigenvalue weighted by Gasteiger charge is -2.22. The fraction of sp³-hybridized carbons (Fsp3) is 0.412. The lowest BCUT2D eigenvalue weighted by molar-refractivity contribution is -0.142. The van der Waals surface area contributed by atoms with Crippen LogP contribution in [0.25, 0.3) is 0 Å². The molecule has 1 N–H and O–H groups in total. The number of alkyl halides is 3. The maximum absolute atomic E-state index is 12.6. The molecule has 0 saturated carbocycles. The number of nitrogens with one attached hydrogen (secondary N) is 1. The van der Waals surface area contributed by atoms with Gasteiger partial charge in [0.25, 0.3) is 5.91 Å². The van der Waals surface area contributed by atoms with Crippen LogP contribution in [0.15, 0.2) is 30.5 Å². The monoisotopic (exact) mass is 353 g/mol. The number of methoxy groups -OCH3 is 1. The number of hydrogen-bond donors (Lipinski definition) is 1. The number of halogens is 3. The molecular weight excluding hydrogens is 335 g/mol. The molecule has 3 rings (SSSR count). The third-order valence-electron chi connectivity index (χ3n) is 4.12. The van der Waals surface area contributed by atoms with Crippen LogP contribution in [-0.4, -0.2) is 29.0 Å². The number of amides is 1. The van der Waals surface area contributed by atoms with Crippen molar-refractivity contribution >= 4 is 5.91 Å². The SMILES string of the molecule is COc1cccc(C(=O)NC2CCCc3cn(CC(F)(F)F)nc32)c1. The predicted octanol–water partition coefficient (Wildman–Crippen LogP) is 3.26. The molecule has 1 unspecified atom stereocenters. The molecule has 0 saturated heterocycles. The van der Waals surface area contributed by atoms with E-state index in [2.05, 4.69) is 10.4 Å². The Hall–Kier alpha value is -2.51. The summed E-state index contributed by atoms with van der Waals surface area (Å²) in [6.07, 6.45) is -0.807. The number of hydrogen-bond acceptors (Lipinski definition) is 3. The molecule has 1 atom stereocenters. The van der Waals surface area contributed by atoms with Crippen LogP contribution < -0.4 is 10.1 Å². The van der Waals surface area contributed by atoms with Crippen LogP contribution in [0.2, 0.25) is 0 Å². The smallest absolute Gasteiger partial charge is 0.408 e. The van der Waals surface area contributed by atoms with Crippen molar-refractivity contribution in [2.45, 2.75) is 38.0 Å². The fourth-order valence-corrected chi connectivity index (χ4v) is 3.01. The summed E-state index contributed by atoms with van der Waals surface area (Å²) in [6, 6.07) is 6.31. The molecule has 1 aromatic carbocycles. The van der Waals surface area contributed by atoms with Crippen LogP contribution in [0.4, 0.5) is 13.2 Å². The zero-order valence-corrected chi connectivity index (χ0v) is 13.6. The minimum atomic E-state index is -4.33. The molecule has 25 heavy (non-hydrogen) atoms. The second-order valence-electron chi connectivity index (χ2n) is 6.00. The van der Waals surface area contributed by atoms with Gasteiger partial charge in [0.1, 0.15) is 12.3 Å². The maximum Gasteiger partial charge on any atom is 0.408 e. The standard InChI is InChI=1S/C17H18F3N3O2/c1-25-13-6-2-4-11(8-13)16(24)21-14-7-3-5-12-9-23(22-15(12)14)10-17(18,19)20/h2,4,6,8-9,14H,3,5,7,10H2,1H3,(H,21,24). The van der Waals surface area contributed by atoms with Crippen molar-refractivity contribution in [1.82, 2.24) is 15.1 Å². The summed E-state index contributed by atoms with van der Waals surface area (Å²) in [6.45, 7) is -1.13. The lowest BCUT2D eigenvalue weighted by Crippen LogP contribution is -2.31. The van der Waals surface area contributed by atoms with E-state index in [1.54, 1.807) is 24.3 Å². The molecule has 8 heteroatoms. The number of aromatic nitrogens is 2. The Morgan fingerprint density at radius 1 is 1.44 bits per heavy atom. The van der Waals surface area contributed by atoms with Crippen molar-refractivity contribution < 1.29 is 22.7 Å². The Labute approximate surface area is 142 Å². The van der Waals surface area contributed by atoms with E-state index in [4.69, 9.17) is 4.74 Å². The second kappa shape index (κ2) is 6.78. The van der Waals surface area contributed by atoms with E-state index >= 15 is 0 Å². The van der Waals surface area contributed by atoms with Gasteiger partial charge in [-0.2, -0.15) is 18.3 Å². The average Bonchev–Trinajstić information content (AvgIpc) is 2.96. The van der Waals surface area contributed by atoms with Gasteiger partial charge in [-0.15, -0.1) is 0 Å². The largest absolute Gasteiger partial charge is 0.497 e. The molecule has 2 aromatic rings. The van der Waals surface area contributed by atoms with Crippen LogP contribution in [0.5, 0.6) is 5.75 Å². The first kappa shape index (κ1) is 17.3. The molecule has 1 aliphatic rings. The van der Waals surface area contributed by atoms with E-state index in [0.29, 0.717) is 29.8 Å². The minimum Gasteiger partial charge on any atom is -0.497 e. The summed E-state index contributed by atoms with van der Waals surface area (Å²) in [5.41, 5.74) is 1.71. The van der Waals surface area contributed by atoms with Gasteiger partial charge in [0.2, 0.25) is 0 Å². The summed E-state index contributed by atoms with van der Waals surface area (Å²) in [4.78, 5) is 12.4. The van der Waals surface area contributed by atoms with Crippen LogP contribution in [0.3, 0.4) is 0 Å². The molecule has 1 heterocycles. The highest BCUT2D eigenvalue weighted by molar-refractivity contribution is 5.94. The highest BCUT2D eigenvalue weighted by Gasteiger charge is 2.31. The molecule has 0 bridgehead atoms. The van der Waals surface area contributed by atoms with Gasteiger partial charge in [0, 0.05) is 11.8 Å². The predicted molar refractivity (Wildman–Crippen MR) is 84.4 cm³/mol. The summed E-state index contributed by atoms with van der Waals surface area (Å²) in [5.74, 6) is 0.258. The zero-order chi connectivity index (χ0) is 18.0. The number of benzene rings is 1. The first-order valence-electron chi connectivity index (χ1n) is 7.93. The van der Waals surface area contributed by atoms with E-state index in [9.17, 15) is 18.0 Å². The van der Waals surface area contributed by atoms with Gasteiger partial charge in [-0.05, 0) is 43.0 Å². The van der Waals surface area contributed by atoms with Gasteiger partial charge in [-0.1, -0.05) is 6.07 Å². The summed E-state index contributed by atoms with van der Waals surface area (Å²) < 4.78 is 43.7. The van der Waals surface area contributed by atoms with Crippen molar-refractivity contribution in [3.05, 3.63) is 47.3 Å². The molecule has 1 aliphatic carbocycles. The van der Waals surface area contributed by atoms with Crippen LogP contribution >= 0.6 is 0 Å². The molecule has 0 fully saturated rings. The molecule has 1 amide bonds. The van der Waals surface area contributed by atoms with E-state index in [0.717, 1.165) is 16.7 Å². The second-order valence-corrected chi connectivity index (χ2v) is 6.00. The van der Waals surface area contributed by atoms with E-state index < -0.39 is 18.8 Å². The maximum atomic E-state index is 12.6. The van der Waals surface area contributed by atoms with Crippen LogP contribution in [0.1, 0.15) is 40.5 Å². The third kappa shape index (κ3) is 4.12. The topological polar surface area (TPSA) is 56.1 Å². The van der Waals surface area contributed by atoms with E-state index in [-0.39, 0.29) is 5.91 Å². The Morgan fingerprint density at radius 2 is 2.24 bits per heavy atom. The van der Waals surface area contributed by atoms with Gasteiger partial charge in [0.05, 0.1) is 18.8 Å². The summed E-state index contributed by atoms with van der Waals surface area (Å²) in [5, 5.41) is 6.92. The van der Waals surface area contributed by atoms with E-state index in [1.807, 2.05) is 0 Å². The van der Waals surface area contributed by atoms with Crippen molar-refractivity contribution in [3.63, 3.8) is 0 Å². The van der Waals surface area contributed by atoms with E-state index in [1.165, 1.54) is 13.3 Å². The molecule has 0 aliphatic heterocycles. The van der Waals surface area contributed by atoms with Crippen LogP contribution in [-0.2, 0) is 13.0 Å². The number of rotatable bonds is 4. The molecular formula is C17H18F3N3O2. The lowest BCUT2D eigenvalue weighted by atomic mass is 9.93. The Kier molecular flexibility index (Phi) is 4.69. The number of ether oxygens (including phenoxy) is 1. The Bertz CT molecular complexity index is 771. The first-order chi connectivity index (χ1) is 11.9.